The number of anilines is 1. The summed E-state index contributed by atoms with van der Waals surface area (Å²) in [7, 11) is 4.13. The van der Waals surface area contributed by atoms with Crippen molar-refractivity contribution in [3.8, 4) is 17.2 Å². The number of phenols is 2. The lowest BCUT2D eigenvalue weighted by Crippen LogP contribution is -2.38. The first-order valence-corrected chi connectivity index (χ1v) is 12.9. The zero-order chi connectivity index (χ0) is 30.9. The molecule has 2 amide bonds. The monoisotopic (exact) mass is 576 g/mol. The number of nitrogens with one attached hydrogen (secondary N) is 1. The van der Waals surface area contributed by atoms with Crippen LogP contribution in [0.2, 0.25) is 0 Å². The maximum absolute atomic E-state index is 12.9. The Balaban J connectivity index is 2.75. The summed E-state index contributed by atoms with van der Waals surface area (Å²) < 4.78 is 21.6. The molecule has 2 rings (SSSR count). The third-order valence-electron chi connectivity index (χ3n) is 6.70. The van der Waals surface area contributed by atoms with E-state index in [1.807, 2.05) is 0 Å². The van der Waals surface area contributed by atoms with Gasteiger partial charge in [-0.1, -0.05) is 36.8 Å². The van der Waals surface area contributed by atoms with Crippen molar-refractivity contribution in [2.24, 2.45) is 11.7 Å². The number of allylic oxidation sites excluding steroid dienone is 2. The zero-order valence-corrected chi connectivity index (χ0v) is 24.1. The predicted octanol–water partition coefficient (Wildman–Crippen LogP) is 2.76. The van der Waals surface area contributed by atoms with E-state index in [0.717, 1.165) is 0 Å². The van der Waals surface area contributed by atoms with Gasteiger partial charge in [0.1, 0.15) is 11.9 Å². The van der Waals surface area contributed by atoms with Crippen molar-refractivity contribution in [1.29, 1.82) is 0 Å². The minimum absolute atomic E-state index is 0.00885. The van der Waals surface area contributed by atoms with Gasteiger partial charge in [-0.2, -0.15) is 0 Å². The second kappa shape index (κ2) is 15.2. The van der Waals surface area contributed by atoms with E-state index in [0.29, 0.717) is 5.57 Å². The van der Waals surface area contributed by atoms with Gasteiger partial charge in [-0.3, -0.25) is 4.79 Å². The van der Waals surface area contributed by atoms with Crippen LogP contribution in [0.5, 0.6) is 17.2 Å². The van der Waals surface area contributed by atoms with Crippen LogP contribution in [0.15, 0.2) is 47.1 Å². The number of carbonyl (C=O) groups is 2. The number of amides is 2. The van der Waals surface area contributed by atoms with Gasteiger partial charge in [0.15, 0.2) is 17.6 Å². The summed E-state index contributed by atoms with van der Waals surface area (Å²) in [5, 5.41) is 45.5. The number of methoxy groups -OCH3 is 3. The SMILES string of the molecule is COc1c(O)cc2c(O)c1C=C(C)C[C@H](OC)[C@H](O)[C@@H](C)C=C(CO)[C@H](OC(N)=O)[C@@H](OC)C=CC=C(C)C(=O)N2. The van der Waals surface area contributed by atoms with Gasteiger partial charge < -0.3 is 50.4 Å². The van der Waals surface area contributed by atoms with Crippen LogP contribution < -0.4 is 15.8 Å². The van der Waals surface area contributed by atoms with Crippen molar-refractivity contribution >= 4 is 23.8 Å². The molecule has 1 aliphatic rings. The predicted molar refractivity (Wildman–Crippen MR) is 153 cm³/mol. The van der Waals surface area contributed by atoms with Crippen molar-refractivity contribution in [2.45, 2.75) is 51.6 Å². The first-order chi connectivity index (χ1) is 19.4. The average Bonchev–Trinajstić information content (AvgIpc) is 2.93. The van der Waals surface area contributed by atoms with Crippen LogP contribution in [0.1, 0.15) is 32.8 Å². The van der Waals surface area contributed by atoms with E-state index < -0.39 is 48.9 Å². The highest BCUT2D eigenvalue weighted by molar-refractivity contribution is 6.05. The number of aliphatic hydroxyl groups is 2. The highest BCUT2D eigenvalue weighted by atomic mass is 16.6. The maximum Gasteiger partial charge on any atom is 0.405 e. The maximum atomic E-state index is 12.9. The number of hydrogen-bond donors (Lipinski definition) is 6. The van der Waals surface area contributed by atoms with Crippen LogP contribution in [0.25, 0.3) is 6.08 Å². The largest absolute Gasteiger partial charge is 0.505 e. The second-order valence-electron chi connectivity index (χ2n) is 9.70. The summed E-state index contributed by atoms with van der Waals surface area (Å²) in [4.78, 5) is 24.6. The number of carbonyl (C=O) groups excluding carboxylic acids is 2. The molecule has 1 heterocycles. The number of benzene rings is 1. The van der Waals surface area contributed by atoms with Crippen LogP contribution in [-0.4, -0.2) is 84.8 Å². The number of primary amides is 1. The summed E-state index contributed by atoms with van der Waals surface area (Å²) in [6, 6.07) is 1.17. The fourth-order valence-corrected chi connectivity index (χ4v) is 4.47. The number of phenolic OH excluding ortho intramolecular Hbond substituents is 2. The van der Waals surface area contributed by atoms with Crippen LogP contribution in [0.3, 0.4) is 0 Å². The summed E-state index contributed by atoms with van der Waals surface area (Å²) in [5.41, 5.74) is 6.45. The third kappa shape index (κ3) is 8.57. The van der Waals surface area contributed by atoms with E-state index in [1.165, 1.54) is 52.5 Å². The third-order valence-corrected chi connectivity index (χ3v) is 6.70. The molecule has 1 aliphatic heterocycles. The Morgan fingerprint density at radius 2 is 1.85 bits per heavy atom. The van der Waals surface area contributed by atoms with Gasteiger partial charge in [-0.25, -0.2) is 4.79 Å². The van der Waals surface area contributed by atoms with Crippen LogP contribution >= 0.6 is 0 Å². The van der Waals surface area contributed by atoms with E-state index in [1.54, 1.807) is 26.0 Å². The molecule has 0 aromatic heterocycles. The fourth-order valence-electron chi connectivity index (χ4n) is 4.47. The molecule has 0 unspecified atom stereocenters. The molecule has 1 aromatic carbocycles. The second-order valence-corrected chi connectivity index (χ2v) is 9.70. The van der Waals surface area contributed by atoms with Crippen LogP contribution in [0, 0.1) is 5.92 Å². The van der Waals surface area contributed by atoms with Gasteiger partial charge in [0.25, 0.3) is 5.91 Å². The van der Waals surface area contributed by atoms with E-state index in [-0.39, 0.29) is 46.1 Å². The Morgan fingerprint density at radius 1 is 1.17 bits per heavy atom. The van der Waals surface area contributed by atoms with Crippen LogP contribution in [-0.2, 0) is 19.0 Å². The Bertz CT molecular complexity index is 1220. The van der Waals surface area contributed by atoms with E-state index in [2.05, 4.69) is 5.32 Å². The first-order valence-electron chi connectivity index (χ1n) is 12.9. The Labute approximate surface area is 239 Å². The van der Waals surface area contributed by atoms with Gasteiger partial charge in [0.2, 0.25) is 0 Å². The number of aromatic hydroxyl groups is 2. The molecule has 7 N–H and O–H groups in total. The van der Waals surface area contributed by atoms with Crippen molar-refractivity contribution in [3.05, 3.63) is 52.7 Å². The van der Waals surface area contributed by atoms with Gasteiger partial charge >= 0.3 is 6.09 Å². The fraction of sp³-hybridized carbons (Fsp3) is 0.448. The molecule has 0 saturated heterocycles. The topological polar surface area (TPSA) is 190 Å². The van der Waals surface area contributed by atoms with E-state index in [4.69, 9.17) is 24.7 Å². The highest BCUT2D eigenvalue weighted by Gasteiger charge is 2.30. The molecule has 12 nitrogen and oxygen atoms in total. The van der Waals surface area contributed by atoms with Gasteiger partial charge in [-0.15, -0.1) is 0 Å². The van der Waals surface area contributed by atoms with E-state index in [9.17, 15) is 30.0 Å². The molecule has 0 saturated carbocycles. The average molecular weight is 577 g/mol. The van der Waals surface area contributed by atoms with E-state index >= 15 is 0 Å². The molecular weight excluding hydrogens is 536 g/mol. The summed E-state index contributed by atoms with van der Waals surface area (Å²) in [6.45, 7) is 4.43. The lowest BCUT2D eigenvalue weighted by atomic mass is 9.91. The summed E-state index contributed by atoms with van der Waals surface area (Å²) in [6.07, 6.45) is 2.76. The minimum atomic E-state index is -1.14. The van der Waals surface area contributed by atoms with Gasteiger partial charge in [0, 0.05) is 31.8 Å². The van der Waals surface area contributed by atoms with Crippen molar-refractivity contribution in [1.82, 2.24) is 0 Å². The molecular formula is C29H40N2O10. The normalized spacial score (nSPS) is 24.5. The van der Waals surface area contributed by atoms with Gasteiger partial charge in [0.05, 0.1) is 37.2 Å². The Morgan fingerprint density at radius 3 is 2.41 bits per heavy atom. The zero-order valence-electron chi connectivity index (χ0n) is 24.1. The molecule has 1 aromatic rings. The van der Waals surface area contributed by atoms with Gasteiger partial charge in [-0.05, 0) is 31.9 Å². The Kier molecular flexibility index (Phi) is 12.4. The molecule has 0 spiro atoms. The lowest BCUT2D eigenvalue weighted by Gasteiger charge is -2.29. The molecule has 2 bridgehead atoms. The first kappa shape index (κ1) is 33.4. The molecule has 12 heteroatoms. The van der Waals surface area contributed by atoms with Crippen molar-refractivity contribution in [3.63, 3.8) is 0 Å². The highest BCUT2D eigenvalue weighted by Crippen LogP contribution is 2.43. The van der Waals surface area contributed by atoms with Crippen molar-refractivity contribution < 1.29 is 49.0 Å². The molecule has 41 heavy (non-hydrogen) atoms. The number of hydrogen-bond acceptors (Lipinski definition) is 10. The number of fused-ring (bicyclic) bond motifs is 2. The lowest BCUT2D eigenvalue weighted by molar-refractivity contribution is -0.112. The van der Waals surface area contributed by atoms with Crippen molar-refractivity contribution in [2.75, 3.05) is 33.3 Å². The summed E-state index contributed by atoms with van der Waals surface area (Å²) >= 11 is 0. The molecule has 0 radical (unpaired) electrons. The molecule has 5 atom stereocenters. The molecule has 0 fully saturated rings. The standard InChI is InChI=1S/C29H40N2O10/c1-15-10-19-25(35)20(13-21(33)27(19)40-6)31-28(36)16(2)8-7-9-22(38-4)26(41-29(30)37)18(14-32)12-17(3)24(34)23(11-15)39-5/h7-10,12-13,17,22-24,26,32-35H,11,14H2,1-6H3,(H2,30,37)(H,31,36)/t17-,22-,23-,24+,26-/m0/s1. The minimum Gasteiger partial charge on any atom is -0.505 e. The number of rotatable bonds is 5. The number of ether oxygens (including phenoxy) is 4. The smallest absolute Gasteiger partial charge is 0.405 e. The number of aliphatic hydroxyl groups excluding tert-OH is 2. The summed E-state index contributed by atoms with van der Waals surface area (Å²) in [5.74, 6) is -1.83. The molecule has 226 valence electrons. The Hall–Kier alpha value is -3.84. The number of nitrogens with two attached hydrogens (primary N) is 1. The quantitative estimate of drug-likeness (QED) is 0.173. The molecule has 0 aliphatic carbocycles. The van der Waals surface area contributed by atoms with Crippen LogP contribution in [0.4, 0.5) is 10.5 Å².